The van der Waals surface area contributed by atoms with E-state index in [4.69, 9.17) is 10.5 Å². The average molecular weight is 257 g/mol. The third-order valence-corrected chi connectivity index (χ3v) is 3.85. The molecular weight excluding hydrogens is 238 g/mol. The second-order valence-electron chi connectivity index (χ2n) is 5.41. The van der Waals surface area contributed by atoms with Gasteiger partial charge in [0.15, 0.2) is 0 Å². The second kappa shape index (κ2) is 5.13. The van der Waals surface area contributed by atoms with Gasteiger partial charge in [-0.25, -0.2) is 9.97 Å². The molecule has 0 amide bonds. The zero-order chi connectivity index (χ0) is 13.1. The van der Waals surface area contributed by atoms with E-state index in [9.17, 15) is 0 Å². The quantitative estimate of drug-likeness (QED) is 0.918. The number of para-hydroxylation sites is 1. The van der Waals surface area contributed by atoms with Crippen LogP contribution in [-0.4, -0.2) is 22.1 Å². The minimum atomic E-state index is -0.190. The Morgan fingerprint density at radius 2 is 1.89 bits per heavy atom. The molecule has 0 unspecified atom stereocenters. The molecule has 4 nitrogen and oxygen atoms in total. The Balaban J connectivity index is 1.78. The Hall–Kier alpha value is -1.68. The van der Waals surface area contributed by atoms with E-state index in [-0.39, 0.29) is 5.54 Å². The average Bonchev–Trinajstić information content (AvgIpc) is 2.46. The van der Waals surface area contributed by atoms with E-state index >= 15 is 0 Å². The van der Waals surface area contributed by atoms with Crippen molar-refractivity contribution in [3.05, 3.63) is 30.6 Å². The number of hydrogen-bond donors (Lipinski definition) is 1. The fourth-order valence-electron chi connectivity index (χ4n) is 2.71. The summed E-state index contributed by atoms with van der Waals surface area (Å²) in [5, 5.41) is 0.949. The van der Waals surface area contributed by atoms with Gasteiger partial charge in [-0.1, -0.05) is 31.4 Å². The monoisotopic (exact) mass is 257 g/mol. The fraction of sp³-hybridized carbons (Fsp3) is 0.467. The Labute approximate surface area is 113 Å². The van der Waals surface area contributed by atoms with E-state index in [1.54, 1.807) is 6.33 Å². The Morgan fingerprint density at radius 1 is 1.11 bits per heavy atom. The smallest absolute Gasteiger partial charge is 0.224 e. The van der Waals surface area contributed by atoms with E-state index in [1.165, 1.54) is 19.3 Å². The Bertz CT molecular complexity index is 559. The Kier molecular flexibility index (Phi) is 3.34. The maximum atomic E-state index is 6.38. The first-order chi connectivity index (χ1) is 9.27. The molecule has 0 saturated heterocycles. The molecule has 1 aliphatic carbocycles. The molecule has 0 atom stereocenters. The predicted octanol–water partition coefficient (Wildman–Crippen LogP) is 2.67. The summed E-state index contributed by atoms with van der Waals surface area (Å²) in [6.07, 6.45) is 7.30. The first-order valence-corrected chi connectivity index (χ1v) is 6.88. The highest BCUT2D eigenvalue weighted by Gasteiger charge is 2.28. The number of ether oxygens (including phenoxy) is 1. The minimum absolute atomic E-state index is 0.190. The maximum Gasteiger partial charge on any atom is 0.224 e. The van der Waals surface area contributed by atoms with Crippen LogP contribution in [0.3, 0.4) is 0 Å². The zero-order valence-electron chi connectivity index (χ0n) is 11.0. The summed E-state index contributed by atoms with van der Waals surface area (Å²) < 4.78 is 5.89. The van der Waals surface area contributed by atoms with Crippen LogP contribution in [0, 0.1) is 0 Å². The molecule has 2 aromatic rings. The molecule has 0 aliphatic heterocycles. The lowest BCUT2D eigenvalue weighted by Crippen LogP contribution is -2.47. The SMILES string of the molecule is NC1(COc2ncnc3ccccc23)CCCCC1. The molecule has 1 heterocycles. The van der Waals surface area contributed by atoms with Crippen LogP contribution in [0.5, 0.6) is 5.88 Å². The van der Waals surface area contributed by atoms with Gasteiger partial charge in [-0.15, -0.1) is 0 Å². The van der Waals surface area contributed by atoms with Crippen LogP contribution in [0.1, 0.15) is 32.1 Å². The van der Waals surface area contributed by atoms with Gasteiger partial charge in [0.1, 0.15) is 12.9 Å². The van der Waals surface area contributed by atoms with Crippen LogP contribution in [0.15, 0.2) is 30.6 Å². The fourth-order valence-corrected chi connectivity index (χ4v) is 2.71. The Morgan fingerprint density at radius 3 is 2.74 bits per heavy atom. The molecule has 2 N–H and O–H groups in total. The van der Waals surface area contributed by atoms with Crippen molar-refractivity contribution in [2.24, 2.45) is 5.73 Å². The summed E-state index contributed by atoms with van der Waals surface area (Å²) in [6.45, 7) is 0.536. The van der Waals surface area contributed by atoms with E-state index in [2.05, 4.69) is 9.97 Å². The van der Waals surface area contributed by atoms with Crippen molar-refractivity contribution in [2.75, 3.05) is 6.61 Å². The van der Waals surface area contributed by atoms with Crippen LogP contribution in [0.25, 0.3) is 10.9 Å². The number of benzene rings is 1. The highest BCUT2D eigenvalue weighted by atomic mass is 16.5. The third-order valence-electron chi connectivity index (χ3n) is 3.85. The van der Waals surface area contributed by atoms with Gasteiger partial charge in [-0.05, 0) is 25.0 Å². The molecular formula is C15H19N3O. The molecule has 1 fully saturated rings. The summed E-state index contributed by atoms with van der Waals surface area (Å²) >= 11 is 0. The molecule has 4 heteroatoms. The van der Waals surface area contributed by atoms with E-state index in [0.717, 1.165) is 23.7 Å². The molecule has 19 heavy (non-hydrogen) atoms. The maximum absolute atomic E-state index is 6.38. The van der Waals surface area contributed by atoms with Crippen molar-refractivity contribution in [2.45, 2.75) is 37.6 Å². The van der Waals surface area contributed by atoms with Gasteiger partial charge in [0, 0.05) is 0 Å². The zero-order valence-corrected chi connectivity index (χ0v) is 11.0. The van der Waals surface area contributed by atoms with Crippen LogP contribution < -0.4 is 10.5 Å². The second-order valence-corrected chi connectivity index (χ2v) is 5.41. The normalized spacial score (nSPS) is 18.4. The van der Waals surface area contributed by atoms with Crippen molar-refractivity contribution in [3.63, 3.8) is 0 Å². The van der Waals surface area contributed by atoms with Crippen LogP contribution in [-0.2, 0) is 0 Å². The molecule has 100 valence electrons. The first-order valence-electron chi connectivity index (χ1n) is 6.88. The lowest BCUT2D eigenvalue weighted by atomic mass is 9.83. The van der Waals surface area contributed by atoms with Crippen molar-refractivity contribution < 1.29 is 4.74 Å². The van der Waals surface area contributed by atoms with Crippen molar-refractivity contribution in [1.29, 1.82) is 0 Å². The molecule has 0 bridgehead atoms. The van der Waals surface area contributed by atoms with E-state index < -0.39 is 0 Å². The van der Waals surface area contributed by atoms with Crippen LogP contribution >= 0.6 is 0 Å². The predicted molar refractivity (Wildman–Crippen MR) is 75.0 cm³/mol. The molecule has 1 saturated carbocycles. The van der Waals surface area contributed by atoms with Crippen molar-refractivity contribution >= 4 is 10.9 Å². The van der Waals surface area contributed by atoms with Gasteiger partial charge in [-0.3, -0.25) is 0 Å². The summed E-state index contributed by atoms with van der Waals surface area (Å²) in [6, 6.07) is 7.87. The minimum Gasteiger partial charge on any atom is -0.475 e. The van der Waals surface area contributed by atoms with Gasteiger partial charge >= 0.3 is 0 Å². The third kappa shape index (κ3) is 2.68. The molecule has 1 aromatic carbocycles. The molecule has 1 aliphatic rings. The van der Waals surface area contributed by atoms with Crippen molar-refractivity contribution in [1.82, 2.24) is 9.97 Å². The number of hydrogen-bond acceptors (Lipinski definition) is 4. The highest BCUT2D eigenvalue weighted by Crippen LogP contribution is 2.28. The topological polar surface area (TPSA) is 61.0 Å². The van der Waals surface area contributed by atoms with Gasteiger partial charge in [-0.2, -0.15) is 0 Å². The number of aromatic nitrogens is 2. The van der Waals surface area contributed by atoms with Crippen LogP contribution in [0.4, 0.5) is 0 Å². The molecule has 1 aromatic heterocycles. The van der Waals surface area contributed by atoms with Gasteiger partial charge < -0.3 is 10.5 Å². The van der Waals surface area contributed by atoms with Gasteiger partial charge in [0.2, 0.25) is 5.88 Å². The number of fused-ring (bicyclic) bond motifs is 1. The highest BCUT2D eigenvalue weighted by molar-refractivity contribution is 5.82. The van der Waals surface area contributed by atoms with Crippen molar-refractivity contribution in [3.8, 4) is 5.88 Å². The first kappa shape index (κ1) is 12.4. The van der Waals surface area contributed by atoms with E-state index in [1.807, 2.05) is 24.3 Å². The number of rotatable bonds is 3. The largest absolute Gasteiger partial charge is 0.475 e. The lowest BCUT2D eigenvalue weighted by molar-refractivity contribution is 0.170. The molecule has 0 spiro atoms. The number of nitrogens with zero attached hydrogens (tertiary/aromatic N) is 2. The van der Waals surface area contributed by atoms with Crippen LogP contribution in [0.2, 0.25) is 0 Å². The lowest BCUT2D eigenvalue weighted by Gasteiger charge is -2.32. The summed E-state index contributed by atoms with van der Waals surface area (Å²) in [7, 11) is 0. The van der Waals surface area contributed by atoms with Gasteiger partial charge in [0.25, 0.3) is 0 Å². The standard InChI is InChI=1S/C15H19N3O/c16-15(8-4-1-5-9-15)10-19-14-12-6-2-3-7-13(12)17-11-18-14/h2-3,6-7,11H,1,4-5,8-10,16H2. The molecule has 0 radical (unpaired) electrons. The molecule has 3 rings (SSSR count). The summed E-state index contributed by atoms with van der Waals surface area (Å²) in [5.74, 6) is 0.640. The summed E-state index contributed by atoms with van der Waals surface area (Å²) in [4.78, 5) is 8.47. The van der Waals surface area contributed by atoms with E-state index in [0.29, 0.717) is 12.5 Å². The summed E-state index contributed by atoms with van der Waals surface area (Å²) in [5.41, 5.74) is 7.10. The number of nitrogens with two attached hydrogens (primary N) is 1. The van der Waals surface area contributed by atoms with Gasteiger partial charge in [0.05, 0.1) is 16.4 Å².